The molecule has 0 bridgehead atoms. The second-order valence-corrected chi connectivity index (χ2v) is 3.86. The van der Waals surface area contributed by atoms with Crippen molar-refractivity contribution in [2.45, 2.75) is 31.2 Å². The van der Waals surface area contributed by atoms with Crippen LogP contribution in [0.3, 0.4) is 0 Å². The SMILES string of the molecule is O=C1OCCCN1C1(CO)CCC1. The molecule has 1 saturated heterocycles. The van der Waals surface area contributed by atoms with Crippen molar-refractivity contribution in [1.82, 2.24) is 4.90 Å². The third-order valence-electron chi connectivity index (χ3n) is 3.12. The molecule has 2 aliphatic rings. The normalized spacial score (nSPS) is 26.5. The van der Waals surface area contributed by atoms with E-state index in [1.54, 1.807) is 4.90 Å². The molecule has 74 valence electrons. The van der Waals surface area contributed by atoms with Crippen molar-refractivity contribution < 1.29 is 14.6 Å². The monoisotopic (exact) mass is 185 g/mol. The first-order valence-corrected chi connectivity index (χ1v) is 4.84. The molecular weight excluding hydrogens is 170 g/mol. The third kappa shape index (κ3) is 1.29. The highest BCUT2D eigenvalue weighted by Crippen LogP contribution is 2.38. The van der Waals surface area contributed by atoms with Gasteiger partial charge in [-0.25, -0.2) is 4.79 Å². The van der Waals surface area contributed by atoms with Crippen LogP contribution in [0.5, 0.6) is 0 Å². The number of carbonyl (C=O) groups excluding carboxylic acids is 1. The van der Waals surface area contributed by atoms with Crippen LogP contribution in [0.1, 0.15) is 25.7 Å². The summed E-state index contributed by atoms with van der Waals surface area (Å²) in [5, 5.41) is 9.26. The topological polar surface area (TPSA) is 49.8 Å². The summed E-state index contributed by atoms with van der Waals surface area (Å²) in [6.07, 6.45) is 3.56. The Bertz CT molecular complexity index is 207. The Morgan fingerprint density at radius 2 is 2.23 bits per heavy atom. The number of rotatable bonds is 2. The smallest absolute Gasteiger partial charge is 0.410 e. The summed E-state index contributed by atoms with van der Waals surface area (Å²) in [5.74, 6) is 0. The van der Waals surface area contributed by atoms with E-state index in [9.17, 15) is 9.90 Å². The largest absolute Gasteiger partial charge is 0.449 e. The van der Waals surface area contributed by atoms with Gasteiger partial charge in [0.15, 0.2) is 0 Å². The van der Waals surface area contributed by atoms with Crippen molar-refractivity contribution in [2.75, 3.05) is 19.8 Å². The number of hydrogen-bond donors (Lipinski definition) is 1. The van der Waals surface area contributed by atoms with E-state index in [1.807, 2.05) is 0 Å². The van der Waals surface area contributed by atoms with Gasteiger partial charge in [0.1, 0.15) is 0 Å². The second-order valence-electron chi connectivity index (χ2n) is 3.86. The number of ether oxygens (including phenoxy) is 1. The van der Waals surface area contributed by atoms with Gasteiger partial charge < -0.3 is 14.7 Å². The van der Waals surface area contributed by atoms with Crippen LogP contribution < -0.4 is 0 Å². The summed E-state index contributed by atoms with van der Waals surface area (Å²) >= 11 is 0. The first kappa shape index (κ1) is 8.81. The Morgan fingerprint density at radius 3 is 2.69 bits per heavy atom. The van der Waals surface area contributed by atoms with Gasteiger partial charge in [0.2, 0.25) is 0 Å². The van der Waals surface area contributed by atoms with E-state index < -0.39 is 0 Å². The van der Waals surface area contributed by atoms with E-state index >= 15 is 0 Å². The van der Waals surface area contributed by atoms with Crippen LogP contribution in [0.25, 0.3) is 0 Å². The number of hydrogen-bond acceptors (Lipinski definition) is 3. The average Bonchev–Trinajstić information content (AvgIpc) is 2.07. The van der Waals surface area contributed by atoms with E-state index in [-0.39, 0.29) is 18.2 Å². The Hall–Kier alpha value is -0.770. The van der Waals surface area contributed by atoms with E-state index in [1.165, 1.54) is 0 Å². The van der Waals surface area contributed by atoms with E-state index in [0.29, 0.717) is 6.61 Å². The van der Waals surface area contributed by atoms with Crippen molar-refractivity contribution in [3.8, 4) is 0 Å². The van der Waals surface area contributed by atoms with Gasteiger partial charge in [-0.2, -0.15) is 0 Å². The molecule has 1 heterocycles. The van der Waals surface area contributed by atoms with Crippen molar-refractivity contribution >= 4 is 6.09 Å². The lowest BCUT2D eigenvalue weighted by Gasteiger charge is -2.49. The summed E-state index contributed by atoms with van der Waals surface area (Å²) in [6.45, 7) is 1.33. The molecule has 13 heavy (non-hydrogen) atoms. The summed E-state index contributed by atoms with van der Waals surface area (Å²) in [6, 6.07) is 0. The number of aliphatic hydroxyl groups is 1. The molecule has 4 nitrogen and oxygen atoms in total. The van der Waals surface area contributed by atoms with Gasteiger partial charge in [-0.05, 0) is 25.7 Å². The highest BCUT2D eigenvalue weighted by atomic mass is 16.6. The molecule has 0 unspecified atom stereocenters. The minimum absolute atomic E-state index is 0.0715. The number of cyclic esters (lactones) is 1. The predicted octanol–water partition coefficient (Wildman–Crippen LogP) is 0.744. The first-order chi connectivity index (χ1) is 6.28. The zero-order valence-corrected chi connectivity index (χ0v) is 7.66. The van der Waals surface area contributed by atoms with Crippen LogP contribution in [0.4, 0.5) is 4.79 Å². The lowest BCUT2D eigenvalue weighted by molar-refractivity contribution is -0.0445. The van der Waals surface area contributed by atoms with Crippen LogP contribution in [-0.4, -0.2) is 41.4 Å². The van der Waals surface area contributed by atoms with Crippen LogP contribution >= 0.6 is 0 Å². The average molecular weight is 185 g/mol. The van der Waals surface area contributed by atoms with Crippen molar-refractivity contribution in [1.29, 1.82) is 0 Å². The van der Waals surface area contributed by atoms with Gasteiger partial charge >= 0.3 is 6.09 Å². The third-order valence-corrected chi connectivity index (χ3v) is 3.12. The van der Waals surface area contributed by atoms with Crippen molar-refractivity contribution in [2.24, 2.45) is 0 Å². The summed E-state index contributed by atoms with van der Waals surface area (Å²) < 4.78 is 4.95. The highest BCUT2D eigenvalue weighted by molar-refractivity contribution is 5.69. The summed E-state index contributed by atoms with van der Waals surface area (Å²) in [5.41, 5.74) is -0.280. The van der Waals surface area contributed by atoms with E-state index in [2.05, 4.69) is 0 Å². The van der Waals surface area contributed by atoms with Gasteiger partial charge in [0, 0.05) is 6.54 Å². The van der Waals surface area contributed by atoms with Crippen molar-refractivity contribution in [3.63, 3.8) is 0 Å². The lowest BCUT2D eigenvalue weighted by atomic mass is 9.76. The van der Waals surface area contributed by atoms with Crippen LogP contribution in [0.15, 0.2) is 0 Å². The maximum absolute atomic E-state index is 11.4. The summed E-state index contributed by atoms with van der Waals surface area (Å²) in [4.78, 5) is 13.1. The Kier molecular flexibility index (Phi) is 2.15. The molecule has 1 aliphatic heterocycles. The molecule has 0 spiro atoms. The predicted molar refractivity (Wildman–Crippen MR) is 46.3 cm³/mol. The first-order valence-electron chi connectivity index (χ1n) is 4.84. The maximum atomic E-state index is 11.4. The van der Waals surface area contributed by atoms with Gasteiger partial charge in [0.05, 0.1) is 18.8 Å². The molecule has 4 heteroatoms. The summed E-state index contributed by atoms with van der Waals surface area (Å²) in [7, 11) is 0. The van der Waals surface area contributed by atoms with Crippen molar-refractivity contribution in [3.05, 3.63) is 0 Å². The Morgan fingerprint density at radius 1 is 1.46 bits per heavy atom. The fraction of sp³-hybridized carbons (Fsp3) is 0.889. The lowest BCUT2D eigenvalue weighted by Crippen LogP contribution is -2.60. The second kappa shape index (κ2) is 3.18. The molecule has 1 N–H and O–H groups in total. The van der Waals surface area contributed by atoms with Gasteiger partial charge in [-0.3, -0.25) is 0 Å². The fourth-order valence-electron chi connectivity index (χ4n) is 2.08. The molecule has 0 radical (unpaired) electrons. The fourth-order valence-corrected chi connectivity index (χ4v) is 2.08. The number of aliphatic hydroxyl groups excluding tert-OH is 1. The molecule has 0 aromatic carbocycles. The molecule has 1 saturated carbocycles. The Labute approximate surface area is 77.5 Å². The molecule has 2 rings (SSSR count). The highest BCUT2D eigenvalue weighted by Gasteiger charge is 2.45. The van der Waals surface area contributed by atoms with Crippen LogP contribution in [0.2, 0.25) is 0 Å². The molecule has 2 fully saturated rings. The zero-order chi connectivity index (χ0) is 9.31. The van der Waals surface area contributed by atoms with Gasteiger partial charge in [-0.15, -0.1) is 0 Å². The number of carbonyl (C=O) groups is 1. The van der Waals surface area contributed by atoms with Gasteiger partial charge in [0.25, 0.3) is 0 Å². The molecule has 0 aromatic heterocycles. The van der Waals surface area contributed by atoms with Gasteiger partial charge in [-0.1, -0.05) is 0 Å². The van der Waals surface area contributed by atoms with E-state index in [0.717, 1.165) is 32.2 Å². The Balaban J connectivity index is 2.08. The standard InChI is InChI=1S/C9H15NO3/c11-7-9(3-1-4-9)10-5-2-6-13-8(10)12/h11H,1-7H2. The minimum atomic E-state index is -0.280. The molecule has 1 aliphatic carbocycles. The zero-order valence-electron chi connectivity index (χ0n) is 7.66. The van der Waals surface area contributed by atoms with Crippen LogP contribution in [0, 0.1) is 0 Å². The minimum Gasteiger partial charge on any atom is -0.449 e. The molecule has 1 amide bonds. The van der Waals surface area contributed by atoms with E-state index in [4.69, 9.17) is 4.74 Å². The molecule has 0 atom stereocenters. The number of nitrogens with zero attached hydrogens (tertiary/aromatic N) is 1. The number of amides is 1. The quantitative estimate of drug-likeness (QED) is 0.690. The molecular formula is C9H15NO3. The molecule has 0 aromatic rings. The maximum Gasteiger partial charge on any atom is 0.410 e. The van der Waals surface area contributed by atoms with Crippen LogP contribution in [-0.2, 0) is 4.74 Å².